The molecule has 0 aliphatic heterocycles. The van der Waals surface area contributed by atoms with Crippen molar-refractivity contribution in [1.29, 1.82) is 0 Å². The largest absolute Gasteiger partial charge is 0.479 e. The van der Waals surface area contributed by atoms with Crippen molar-refractivity contribution in [2.75, 3.05) is 6.61 Å². The standard InChI is InChI=1S/C25H24N2O5/c1-5-30-25(29)17(4)31-20-11-15(2)22-21(12-20)32-16(3)23(24(22)28)18-13-26-27(14-18)19-9-7-6-8-10-19/h6-14,17H,5H2,1-4H3/t17-/m0/s1. The van der Waals surface area contributed by atoms with Gasteiger partial charge in [0.25, 0.3) is 0 Å². The zero-order valence-electron chi connectivity index (χ0n) is 18.4. The highest BCUT2D eigenvalue weighted by Crippen LogP contribution is 2.29. The fraction of sp³-hybridized carbons (Fsp3) is 0.240. The van der Waals surface area contributed by atoms with Crippen LogP contribution in [0.1, 0.15) is 25.2 Å². The Balaban J connectivity index is 1.74. The lowest BCUT2D eigenvalue weighted by Gasteiger charge is -2.15. The number of nitrogens with zero attached hydrogens (tertiary/aromatic N) is 2. The molecule has 7 heteroatoms. The first kappa shape index (κ1) is 21.4. The third kappa shape index (κ3) is 4.01. The third-order valence-corrected chi connectivity index (χ3v) is 5.17. The van der Waals surface area contributed by atoms with Gasteiger partial charge in [-0.2, -0.15) is 5.10 Å². The number of aromatic nitrogens is 2. The summed E-state index contributed by atoms with van der Waals surface area (Å²) < 4.78 is 18.4. The van der Waals surface area contributed by atoms with Crippen LogP contribution in [0.5, 0.6) is 5.75 Å². The number of carbonyl (C=O) groups excluding carboxylic acids is 1. The van der Waals surface area contributed by atoms with Crippen molar-refractivity contribution in [3.05, 3.63) is 76.4 Å². The molecule has 2 heterocycles. The molecular formula is C25H24N2O5. The lowest BCUT2D eigenvalue weighted by molar-refractivity contribution is -0.150. The summed E-state index contributed by atoms with van der Waals surface area (Å²) in [4.78, 5) is 25.3. The van der Waals surface area contributed by atoms with E-state index in [9.17, 15) is 9.59 Å². The van der Waals surface area contributed by atoms with Crippen LogP contribution in [0.3, 0.4) is 0 Å². The Morgan fingerprint density at radius 3 is 2.66 bits per heavy atom. The lowest BCUT2D eigenvalue weighted by atomic mass is 10.0. The van der Waals surface area contributed by atoms with E-state index < -0.39 is 12.1 Å². The molecule has 4 rings (SSSR count). The molecule has 1 atom stereocenters. The van der Waals surface area contributed by atoms with E-state index in [1.807, 2.05) is 43.5 Å². The molecule has 32 heavy (non-hydrogen) atoms. The van der Waals surface area contributed by atoms with Crippen LogP contribution in [-0.2, 0) is 9.53 Å². The number of hydrogen-bond donors (Lipinski definition) is 0. The second-order valence-electron chi connectivity index (χ2n) is 7.50. The molecule has 0 radical (unpaired) electrons. The highest BCUT2D eigenvalue weighted by molar-refractivity contribution is 5.86. The van der Waals surface area contributed by atoms with Gasteiger partial charge >= 0.3 is 5.97 Å². The van der Waals surface area contributed by atoms with E-state index in [-0.39, 0.29) is 12.0 Å². The molecule has 0 unspecified atom stereocenters. The number of esters is 1. The number of rotatable bonds is 6. The number of para-hydroxylation sites is 1. The maximum Gasteiger partial charge on any atom is 0.347 e. The monoisotopic (exact) mass is 432 g/mol. The van der Waals surface area contributed by atoms with Crippen molar-refractivity contribution in [3.8, 4) is 22.6 Å². The minimum absolute atomic E-state index is 0.140. The van der Waals surface area contributed by atoms with Gasteiger partial charge in [-0.25, -0.2) is 9.48 Å². The summed E-state index contributed by atoms with van der Waals surface area (Å²) in [5.41, 5.74) is 3.00. The fourth-order valence-electron chi connectivity index (χ4n) is 3.68. The average Bonchev–Trinajstić information content (AvgIpc) is 3.23. The molecule has 0 fully saturated rings. The van der Waals surface area contributed by atoms with Crippen LogP contribution in [0.25, 0.3) is 27.8 Å². The molecule has 0 N–H and O–H groups in total. The molecule has 164 valence electrons. The maximum atomic E-state index is 13.4. The predicted molar refractivity (Wildman–Crippen MR) is 121 cm³/mol. The second kappa shape index (κ2) is 8.70. The summed E-state index contributed by atoms with van der Waals surface area (Å²) in [6, 6.07) is 13.0. The van der Waals surface area contributed by atoms with Gasteiger partial charge in [-0.15, -0.1) is 0 Å². The molecule has 0 saturated carbocycles. The van der Waals surface area contributed by atoms with E-state index in [1.54, 1.807) is 43.8 Å². The summed E-state index contributed by atoms with van der Waals surface area (Å²) in [5, 5.41) is 4.87. The molecule has 7 nitrogen and oxygen atoms in total. The van der Waals surface area contributed by atoms with Gasteiger partial charge in [-0.05, 0) is 51.5 Å². The quantitative estimate of drug-likeness (QED) is 0.414. The van der Waals surface area contributed by atoms with Crippen LogP contribution in [-0.4, -0.2) is 28.5 Å². The molecule has 0 saturated heterocycles. The van der Waals surface area contributed by atoms with Crippen molar-refractivity contribution < 1.29 is 18.7 Å². The lowest BCUT2D eigenvalue weighted by Crippen LogP contribution is -2.26. The third-order valence-electron chi connectivity index (χ3n) is 5.17. The van der Waals surface area contributed by atoms with Crippen molar-refractivity contribution in [2.24, 2.45) is 0 Å². The molecular weight excluding hydrogens is 408 g/mol. The molecule has 0 spiro atoms. The van der Waals surface area contributed by atoms with Crippen molar-refractivity contribution in [3.63, 3.8) is 0 Å². The molecule has 2 aromatic carbocycles. The molecule has 0 amide bonds. The van der Waals surface area contributed by atoms with Gasteiger partial charge in [0.05, 0.1) is 29.4 Å². The normalized spacial score (nSPS) is 12.0. The van der Waals surface area contributed by atoms with Crippen LogP contribution < -0.4 is 10.2 Å². The fourth-order valence-corrected chi connectivity index (χ4v) is 3.68. The van der Waals surface area contributed by atoms with E-state index in [0.29, 0.717) is 39.2 Å². The SMILES string of the molecule is CCOC(=O)[C@H](C)Oc1cc(C)c2c(=O)c(-c3cnn(-c4ccccc4)c3)c(C)oc2c1. The highest BCUT2D eigenvalue weighted by atomic mass is 16.6. The van der Waals surface area contributed by atoms with Gasteiger partial charge in [0.2, 0.25) is 5.43 Å². The van der Waals surface area contributed by atoms with E-state index >= 15 is 0 Å². The minimum Gasteiger partial charge on any atom is -0.479 e. The molecule has 0 bridgehead atoms. The zero-order valence-corrected chi connectivity index (χ0v) is 18.4. The number of carbonyl (C=O) groups is 1. The maximum absolute atomic E-state index is 13.4. The first-order valence-electron chi connectivity index (χ1n) is 10.4. The second-order valence-corrected chi connectivity index (χ2v) is 7.50. The highest BCUT2D eigenvalue weighted by Gasteiger charge is 2.20. The summed E-state index contributed by atoms with van der Waals surface area (Å²) >= 11 is 0. The van der Waals surface area contributed by atoms with Crippen molar-refractivity contribution >= 4 is 16.9 Å². The molecule has 2 aromatic heterocycles. The Morgan fingerprint density at radius 1 is 1.19 bits per heavy atom. The number of fused-ring (bicyclic) bond motifs is 1. The average molecular weight is 432 g/mol. The van der Waals surface area contributed by atoms with Gasteiger partial charge in [-0.1, -0.05) is 18.2 Å². The van der Waals surface area contributed by atoms with Gasteiger partial charge in [0, 0.05) is 17.8 Å². The molecule has 4 aromatic rings. The number of ether oxygens (including phenoxy) is 2. The van der Waals surface area contributed by atoms with Gasteiger partial charge in [0.1, 0.15) is 17.1 Å². The van der Waals surface area contributed by atoms with Gasteiger partial charge in [-0.3, -0.25) is 4.79 Å². The van der Waals surface area contributed by atoms with Gasteiger partial charge in [0.15, 0.2) is 6.10 Å². The predicted octanol–water partition coefficient (Wildman–Crippen LogP) is 4.59. The zero-order chi connectivity index (χ0) is 22.8. The van der Waals surface area contributed by atoms with E-state index in [2.05, 4.69) is 5.10 Å². The van der Waals surface area contributed by atoms with Crippen LogP contribution >= 0.6 is 0 Å². The van der Waals surface area contributed by atoms with Gasteiger partial charge < -0.3 is 13.9 Å². The summed E-state index contributed by atoms with van der Waals surface area (Å²) in [5.74, 6) is 0.460. The Hall–Kier alpha value is -3.87. The summed E-state index contributed by atoms with van der Waals surface area (Å²) in [6.45, 7) is 7.20. The smallest absolute Gasteiger partial charge is 0.347 e. The first-order chi connectivity index (χ1) is 15.4. The van der Waals surface area contributed by atoms with Crippen LogP contribution in [0.2, 0.25) is 0 Å². The van der Waals surface area contributed by atoms with E-state index in [4.69, 9.17) is 13.9 Å². The number of benzene rings is 2. The Morgan fingerprint density at radius 2 is 1.94 bits per heavy atom. The van der Waals surface area contributed by atoms with Crippen LogP contribution in [0.15, 0.2) is 64.1 Å². The number of aryl methyl sites for hydroxylation is 2. The minimum atomic E-state index is -0.775. The van der Waals surface area contributed by atoms with Crippen LogP contribution in [0.4, 0.5) is 0 Å². The molecule has 0 aliphatic rings. The van der Waals surface area contributed by atoms with E-state index in [0.717, 1.165) is 5.69 Å². The summed E-state index contributed by atoms with van der Waals surface area (Å²) in [6.07, 6.45) is 2.70. The van der Waals surface area contributed by atoms with Crippen molar-refractivity contribution in [2.45, 2.75) is 33.8 Å². The van der Waals surface area contributed by atoms with E-state index in [1.165, 1.54) is 0 Å². The summed E-state index contributed by atoms with van der Waals surface area (Å²) in [7, 11) is 0. The Bertz CT molecular complexity index is 1340. The Kier molecular flexibility index (Phi) is 5.81. The topological polar surface area (TPSA) is 83.6 Å². The van der Waals surface area contributed by atoms with Crippen LogP contribution in [0, 0.1) is 13.8 Å². The Labute approximate surface area is 185 Å². The van der Waals surface area contributed by atoms with Crippen molar-refractivity contribution in [1.82, 2.24) is 9.78 Å². The number of hydrogen-bond acceptors (Lipinski definition) is 6. The molecule has 0 aliphatic carbocycles. The first-order valence-corrected chi connectivity index (χ1v) is 10.4.